The summed E-state index contributed by atoms with van der Waals surface area (Å²) in [5.41, 5.74) is 0.906. The Morgan fingerprint density at radius 1 is 0.800 bits per heavy atom. The number of hydrogen-bond donors (Lipinski definition) is 0. The van der Waals surface area contributed by atoms with Crippen LogP contribution in [-0.4, -0.2) is 5.78 Å². The Labute approximate surface area is 156 Å². The number of carbonyl (C=O) groups excluding carboxylic acids is 1. The van der Waals surface area contributed by atoms with Gasteiger partial charge in [0.2, 0.25) is 0 Å². The Bertz CT molecular complexity index is 432. The first-order valence-electron chi connectivity index (χ1n) is 10.7. The third kappa shape index (κ3) is 8.21. The van der Waals surface area contributed by atoms with Gasteiger partial charge in [0.15, 0.2) is 5.78 Å². The molecule has 0 radical (unpaired) electrons. The molecule has 0 saturated carbocycles. The van der Waals surface area contributed by atoms with Gasteiger partial charge in [0.25, 0.3) is 0 Å². The molecule has 0 fully saturated rings. The van der Waals surface area contributed by atoms with Crippen LogP contribution in [0.25, 0.3) is 0 Å². The zero-order chi connectivity index (χ0) is 18.5. The topological polar surface area (TPSA) is 17.1 Å². The Balaban J connectivity index is 2.86. The van der Waals surface area contributed by atoms with E-state index in [1.165, 1.54) is 51.4 Å². The van der Waals surface area contributed by atoms with Crippen LogP contribution in [0, 0.1) is 17.8 Å². The minimum Gasteiger partial charge on any atom is -0.294 e. The van der Waals surface area contributed by atoms with Gasteiger partial charge in [0.1, 0.15) is 0 Å². The average Bonchev–Trinajstić information content (AvgIpc) is 2.67. The van der Waals surface area contributed by atoms with Crippen LogP contribution in [0.3, 0.4) is 0 Å². The highest BCUT2D eigenvalue weighted by Gasteiger charge is 2.25. The Morgan fingerprint density at radius 2 is 1.28 bits per heavy atom. The van der Waals surface area contributed by atoms with Crippen molar-refractivity contribution in [3.05, 3.63) is 35.9 Å². The van der Waals surface area contributed by atoms with Gasteiger partial charge in [0.05, 0.1) is 0 Å². The first-order valence-corrected chi connectivity index (χ1v) is 10.7. The molecule has 0 saturated heterocycles. The predicted molar refractivity (Wildman–Crippen MR) is 110 cm³/mol. The molecule has 0 aliphatic carbocycles. The molecular weight excluding hydrogens is 304 g/mol. The maximum absolute atomic E-state index is 13.2. The molecule has 1 aromatic carbocycles. The van der Waals surface area contributed by atoms with Crippen LogP contribution >= 0.6 is 0 Å². The van der Waals surface area contributed by atoms with E-state index in [2.05, 4.69) is 27.7 Å². The van der Waals surface area contributed by atoms with Gasteiger partial charge in [-0.3, -0.25) is 4.79 Å². The largest absolute Gasteiger partial charge is 0.294 e. The summed E-state index contributed by atoms with van der Waals surface area (Å²) in [6.07, 6.45) is 12.2. The summed E-state index contributed by atoms with van der Waals surface area (Å²) in [5.74, 6) is 1.97. The highest BCUT2D eigenvalue weighted by molar-refractivity contribution is 5.97. The van der Waals surface area contributed by atoms with E-state index in [0.29, 0.717) is 17.6 Å². The molecule has 1 rings (SSSR count). The highest BCUT2D eigenvalue weighted by atomic mass is 16.1. The van der Waals surface area contributed by atoms with E-state index in [9.17, 15) is 4.79 Å². The minimum absolute atomic E-state index is 0.200. The summed E-state index contributed by atoms with van der Waals surface area (Å²) in [4.78, 5) is 13.2. The van der Waals surface area contributed by atoms with E-state index in [4.69, 9.17) is 0 Å². The van der Waals surface area contributed by atoms with Crippen LogP contribution in [0.2, 0.25) is 0 Å². The minimum atomic E-state index is 0.200. The van der Waals surface area contributed by atoms with Crippen molar-refractivity contribution < 1.29 is 4.79 Å². The van der Waals surface area contributed by atoms with Gasteiger partial charge in [-0.05, 0) is 24.7 Å². The lowest BCUT2D eigenvalue weighted by Crippen LogP contribution is -2.22. The van der Waals surface area contributed by atoms with Crippen molar-refractivity contribution in [3.63, 3.8) is 0 Å². The molecule has 1 aromatic rings. The summed E-state index contributed by atoms with van der Waals surface area (Å²) in [5, 5.41) is 0. The van der Waals surface area contributed by atoms with Crippen LogP contribution in [0.1, 0.15) is 102 Å². The third-order valence-electron chi connectivity index (χ3n) is 5.75. The summed E-state index contributed by atoms with van der Waals surface area (Å²) in [6, 6.07) is 9.97. The number of hydrogen-bond acceptors (Lipinski definition) is 1. The van der Waals surface area contributed by atoms with Crippen LogP contribution in [-0.2, 0) is 0 Å². The Kier molecular flexibility index (Phi) is 11.5. The quantitative estimate of drug-likeness (QED) is 0.316. The zero-order valence-electron chi connectivity index (χ0n) is 17.1. The monoisotopic (exact) mass is 344 g/mol. The smallest absolute Gasteiger partial charge is 0.165 e. The fraction of sp³-hybridized carbons (Fsp3) is 0.708. The molecule has 25 heavy (non-hydrogen) atoms. The first-order chi connectivity index (χ1) is 12.2. The van der Waals surface area contributed by atoms with Crippen molar-refractivity contribution in [1.29, 1.82) is 0 Å². The van der Waals surface area contributed by atoms with Crippen molar-refractivity contribution in [2.45, 2.75) is 91.9 Å². The standard InChI is InChI=1S/C24H40O/c1-5-9-14-20(7-3)18-23(19-21(8-4)15-10-6-2)24(25)22-16-12-11-13-17-22/h11-13,16-17,20-21,23H,5-10,14-15,18-19H2,1-4H3. The van der Waals surface area contributed by atoms with E-state index in [1.54, 1.807) is 0 Å². The predicted octanol–water partition coefficient (Wildman–Crippen LogP) is 7.70. The van der Waals surface area contributed by atoms with E-state index >= 15 is 0 Å². The second kappa shape index (κ2) is 13.1. The summed E-state index contributed by atoms with van der Waals surface area (Å²) in [7, 11) is 0. The van der Waals surface area contributed by atoms with Gasteiger partial charge in [-0.2, -0.15) is 0 Å². The average molecular weight is 345 g/mol. The van der Waals surface area contributed by atoms with E-state index in [-0.39, 0.29) is 5.92 Å². The number of Topliss-reactive ketones (excluding diaryl/α,β-unsaturated/α-hetero) is 1. The molecule has 142 valence electrons. The molecule has 0 heterocycles. The Morgan fingerprint density at radius 3 is 1.68 bits per heavy atom. The van der Waals surface area contributed by atoms with Crippen LogP contribution in [0.4, 0.5) is 0 Å². The van der Waals surface area contributed by atoms with E-state index < -0.39 is 0 Å². The van der Waals surface area contributed by atoms with Crippen LogP contribution in [0.15, 0.2) is 30.3 Å². The molecular formula is C24H40O. The molecule has 0 aromatic heterocycles. The van der Waals surface area contributed by atoms with Crippen molar-refractivity contribution in [2.24, 2.45) is 17.8 Å². The maximum Gasteiger partial charge on any atom is 0.165 e. The molecule has 1 nitrogen and oxygen atoms in total. The van der Waals surface area contributed by atoms with Crippen LogP contribution < -0.4 is 0 Å². The maximum atomic E-state index is 13.2. The summed E-state index contributed by atoms with van der Waals surface area (Å²) >= 11 is 0. The van der Waals surface area contributed by atoms with Gasteiger partial charge in [-0.25, -0.2) is 0 Å². The molecule has 0 aliphatic heterocycles. The van der Waals surface area contributed by atoms with Gasteiger partial charge in [0, 0.05) is 11.5 Å². The number of rotatable bonds is 14. The highest BCUT2D eigenvalue weighted by Crippen LogP contribution is 2.31. The lowest BCUT2D eigenvalue weighted by molar-refractivity contribution is 0.0869. The number of carbonyl (C=O) groups is 1. The van der Waals surface area contributed by atoms with Crippen molar-refractivity contribution >= 4 is 5.78 Å². The summed E-state index contributed by atoms with van der Waals surface area (Å²) in [6.45, 7) is 9.10. The van der Waals surface area contributed by atoms with Crippen molar-refractivity contribution in [3.8, 4) is 0 Å². The molecule has 0 amide bonds. The van der Waals surface area contributed by atoms with Gasteiger partial charge < -0.3 is 0 Å². The lowest BCUT2D eigenvalue weighted by atomic mass is 9.78. The molecule has 1 heteroatoms. The number of ketones is 1. The van der Waals surface area contributed by atoms with Crippen LogP contribution in [0.5, 0.6) is 0 Å². The molecule has 0 bridgehead atoms. The van der Waals surface area contributed by atoms with Gasteiger partial charge in [-0.15, -0.1) is 0 Å². The fourth-order valence-corrected chi connectivity index (χ4v) is 3.92. The zero-order valence-corrected chi connectivity index (χ0v) is 17.1. The fourth-order valence-electron chi connectivity index (χ4n) is 3.92. The molecule has 0 spiro atoms. The second-order valence-electron chi connectivity index (χ2n) is 7.73. The number of benzene rings is 1. The number of unbranched alkanes of at least 4 members (excludes halogenated alkanes) is 2. The molecule has 2 unspecified atom stereocenters. The van der Waals surface area contributed by atoms with E-state index in [0.717, 1.165) is 18.4 Å². The van der Waals surface area contributed by atoms with E-state index in [1.807, 2.05) is 30.3 Å². The Hall–Kier alpha value is -1.11. The van der Waals surface area contributed by atoms with Gasteiger partial charge >= 0.3 is 0 Å². The van der Waals surface area contributed by atoms with Gasteiger partial charge in [-0.1, -0.05) is 109 Å². The molecule has 0 N–H and O–H groups in total. The second-order valence-corrected chi connectivity index (χ2v) is 7.73. The third-order valence-corrected chi connectivity index (χ3v) is 5.75. The summed E-state index contributed by atoms with van der Waals surface area (Å²) < 4.78 is 0. The normalized spacial score (nSPS) is 14.9. The van der Waals surface area contributed by atoms with Crippen molar-refractivity contribution in [2.75, 3.05) is 0 Å². The lowest BCUT2D eigenvalue weighted by Gasteiger charge is -2.26. The SMILES string of the molecule is CCCCC(CC)CC(CC(CC)CCCC)C(=O)c1ccccc1. The molecule has 2 atom stereocenters. The molecule has 0 aliphatic rings. The van der Waals surface area contributed by atoms with Crippen molar-refractivity contribution in [1.82, 2.24) is 0 Å². The first kappa shape index (κ1) is 21.9.